The molecule has 0 saturated heterocycles. The Morgan fingerprint density at radius 3 is 2.90 bits per heavy atom. The van der Waals surface area contributed by atoms with Gasteiger partial charge in [0.25, 0.3) is 5.91 Å². The maximum absolute atomic E-state index is 12.3. The van der Waals surface area contributed by atoms with Crippen LogP contribution in [0.3, 0.4) is 0 Å². The zero-order valence-electron chi connectivity index (χ0n) is 10.9. The van der Waals surface area contributed by atoms with Crippen molar-refractivity contribution < 1.29 is 9.53 Å². The minimum absolute atomic E-state index is 0.225. The Kier molecular flexibility index (Phi) is 4.42. The van der Waals surface area contributed by atoms with Gasteiger partial charge in [-0.1, -0.05) is 17.7 Å². The van der Waals surface area contributed by atoms with Gasteiger partial charge in [0.2, 0.25) is 0 Å². The highest BCUT2D eigenvalue weighted by Gasteiger charge is 2.16. The minimum atomic E-state index is -0.351. The van der Waals surface area contributed by atoms with Crippen molar-refractivity contribution in [1.82, 2.24) is 4.98 Å². The van der Waals surface area contributed by atoms with Crippen molar-refractivity contribution >= 4 is 28.9 Å². The lowest BCUT2D eigenvalue weighted by Crippen LogP contribution is -2.15. The van der Waals surface area contributed by atoms with Crippen LogP contribution in [0.25, 0.3) is 0 Å². The van der Waals surface area contributed by atoms with Crippen LogP contribution in [0, 0.1) is 0 Å². The normalized spacial score (nSPS) is 10.1. The van der Waals surface area contributed by atoms with Crippen LogP contribution in [-0.4, -0.2) is 17.5 Å². The van der Waals surface area contributed by atoms with E-state index in [2.05, 4.69) is 10.3 Å². The molecule has 20 heavy (non-hydrogen) atoms. The lowest BCUT2D eigenvalue weighted by atomic mass is 10.1. The summed E-state index contributed by atoms with van der Waals surface area (Å²) in [5.41, 5.74) is 7.03. The molecule has 0 fully saturated rings. The minimum Gasteiger partial charge on any atom is -0.491 e. The summed E-state index contributed by atoms with van der Waals surface area (Å²) in [5, 5.41) is 2.91. The highest BCUT2D eigenvalue weighted by atomic mass is 35.5. The smallest absolute Gasteiger partial charge is 0.259 e. The lowest BCUT2D eigenvalue weighted by Gasteiger charge is -2.13. The average molecular weight is 292 g/mol. The molecule has 0 unspecified atom stereocenters. The molecule has 6 heteroatoms. The molecular weight excluding hydrogens is 278 g/mol. The van der Waals surface area contributed by atoms with Crippen molar-refractivity contribution in [3.63, 3.8) is 0 Å². The van der Waals surface area contributed by atoms with E-state index in [-0.39, 0.29) is 11.1 Å². The average Bonchev–Trinajstić information content (AvgIpc) is 2.43. The van der Waals surface area contributed by atoms with Gasteiger partial charge in [-0.15, -0.1) is 0 Å². The molecule has 1 aromatic heterocycles. The van der Waals surface area contributed by atoms with Gasteiger partial charge >= 0.3 is 0 Å². The number of anilines is 2. The Labute approximate surface area is 121 Å². The molecule has 0 saturated carbocycles. The van der Waals surface area contributed by atoms with Crippen LogP contribution in [0.5, 0.6) is 5.75 Å². The predicted octanol–water partition coefficient (Wildman–Crippen LogP) is 2.97. The molecule has 0 aliphatic heterocycles. The third-order valence-electron chi connectivity index (χ3n) is 2.59. The summed E-state index contributed by atoms with van der Waals surface area (Å²) in [6.07, 6.45) is 1.55. The number of hydrogen-bond acceptors (Lipinski definition) is 4. The summed E-state index contributed by atoms with van der Waals surface area (Å²) in [6, 6.07) is 8.36. The molecule has 0 bridgehead atoms. The van der Waals surface area contributed by atoms with E-state index in [9.17, 15) is 4.79 Å². The number of para-hydroxylation sites is 1. The number of nitrogens with one attached hydrogen (secondary N) is 1. The number of carbonyl (C=O) groups is 1. The Morgan fingerprint density at radius 1 is 1.40 bits per heavy atom. The first-order valence-corrected chi connectivity index (χ1v) is 6.44. The number of carbonyl (C=O) groups excluding carboxylic acids is 1. The first-order chi connectivity index (χ1) is 9.63. The van der Waals surface area contributed by atoms with Gasteiger partial charge in [-0.2, -0.15) is 0 Å². The van der Waals surface area contributed by atoms with Gasteiger partial charge in [0.15, 0.2) is 10.9 Å². The van der Waals surface area contributed by atoms with Gasteiger partial charge in [-0.3, -0.25) is 4.79 Å². The number of benzene rings is 1. The second kappa shape index (κ2) is 6.25. The number of pyridine rings is 1. The largest absolute Gasteiger partial charge is 0.491 e. The quantitative estimate of drug-likeness (QED) is 0.670. The Bertz CT molecular complexity index is 632. The first-order valence-electron chi connectivity index (χ1n) is 6.06. The number of hydrogen-bond donors (Lipinski definition) is 2. The van der Waals surface area contributed by atoms with Gasteiger partial charge < -0.3 is 15.8 Å². The van der Waals surface area contributed by atoms with Crippen LogP contribution in [-0.2, 0) is 0 Å². The van der Waals surface area contributed by atoms with Gasteiger partial charge in [0, 0.05) is 6.20 Å². The molecule has 3 N–H and O–H groups in total. The van der Waals surface area contributed by atoms with Gasteiger partial charge in [-0.05, 0) is 31.2 Å². The van der Waals surface area contributed by atoms with Crippen LogP contribution in [0.1, 0.15) is 17.3 Å². The highest BCUT2D eigenvalue weighted by molar-refractivity contribution is 6.32. The van der Waals surface area contributed by atoms with E-state index in [0.717, 1.165) is 0 Å². The topological polar surface area (TPSA) is 77.2 Å². The molecule has 0 atom stereocenters. The molecule has 2 aromatic rings. The lowest BCUT2D eigenvalue weighted by molar-refractivity contribution is 0.102. The standard InChI is InChI=1S/C14H14ClN3O2/c1-2-20-12-9(5-3-6-10(12)16)14(19)18-11-7-4-8-17-13(11)15/h3-8H,2,16H2,1H3,(H,18,19). The van der Waals surface area contributed by atoms with Crippen molar-refractivity contribution in [3.8, 4) is 5.75 Å². The molecular formula is C14H14ClN3O2. The molecule has 0 radical (unpaired) electrons. The van der Waals surface area contributed by atoms with Gasteiger partial charge in [0.1, 0.15) is 0 Å². The van der Waals surface area contributed by atoms with Crippen molar-refractivity contribution in [2.75, 3.05) is 17.7 Å². The number of amides is 1. The van der Waals surface area contributed by atoms with Crippen molar-refractivity contribution in [1.29, 1.82) is 0 Å². The van der Waals surface area contributed by atoms with E-state index < -0.39 is 0 Å². The van der Waals surface area contributed by atoms with Gasteiger partial charge in [0.05, 0.1) is 23.5 Å². The number of halogens is 1. The van der Waals surface area contributed by atoms with E-state index in [1.165, 1.54) is 0 Å². The summed E-state index contributed by atoms with van der Waals surface area (Å²) in [6.45, 7) is 2.24. The van der Waals surface area contributed by atoms with Crippen LogP contribution in [0.2, 0.25) is 5.15 Å². The van der Waals surface area contributed by atoms with E-state index in [4.69, 9.17) is 22.1 Å². The fraction of sp³-hybridized carbons (Fsp3) is 0.143. The maximum Gasteiger partial charge on any atom is 0.259 e. The molecule has 0 spiro atoms. The van der Waals surface area contributed by atoms with E-state index >= 15 is 0 Å². The SMILES string of the molecule is CCOc1c(N)cccc1C(=O)Nc1cccnc1Cl. The maximum atomic E-state index is 12.3. The third-order valence-corrected chi connectivity index (χ3v) is 2.89. The number of nitrogens with zero attached hydrogens (tertiary/aromatic N) is 1. The van der Waals surface area contributed by atoms with Crippen LogP contribution < -0.4 is 15.8 Å². The summed E-state index contributed by atoms with van der Waals surface area (Å²) in [4.78, 5) is 16.2. The zero-order valence-corrected chi connectivity index (χ0v) is 11.6. The summed E-state index contributed by atoms with van der Waals surface area (Å²) >= 11 is 5.91. The van der Waals surface area contributed by atoms with Crippen molar-refractivity contribution in [2.45, 2.75) is 6.92 Å². The third kappa shape index (κ3) is 3.00. The molecule has 5 nitrogen and oxygen atoms in total. The molecule has 1 amide bonds. The Hall–Kier alpha value is -2.27. The van der Waals surface area contributed by atoms with Crippen molar-refractivity contribution in [3.05, 3.63) is 47.2 Å². The molecule has 104 valence electrons. The summed E-state index contributed by atoms with van der Waals surface area (Å²) < 4.78 is 5.42. The molecule has 0 aliphatic rings. The monoisotopic (exact) mass is 291 g/mol. The number of nitrogens with two attached hydrogens (primary N) is 1. The van der Waals surface area contributed by atoms with E-state index in [1.54, 1.807) is 36.5 Å². The molecule has 1 aromatic carbocycles. The number of nitrogen functional groups attached to an aromatic ring is 1. The molecule has 1 heterocycles. The van der Waals surface area contributed by atoms with Crippen molar-refractivity contribution in [2.24, 2.45) is 0 Å². The number of rotatable bonds is 4. The first kappa shape index (κ1) is 14.1. The van der Waals surface area contributed by atoms with E-state index in [0.29, 0.717) is 29.3 Å². The fourth-order valence-electron chi connectivity index (χ4n) is 1.71. The van der Waals surface area contributed by atoms with Crippen LogP contribution in [0.15, 0.2) is 36.5 Å². The molecule has 0 aliphatic carbocycles. The summed E-state index contributed by atoms with van der Waals surface area (Å²) in [5.74, 6) is 0.0168. The fourth-order valence-corrected chi connectivity index (χ4v) is 1.87. The second-order valence-electron chi connectivity index (χ2n) is 3.95. The predicted molar refractivity (Wildman–Crippen MR) is 79.2 cm³/mol. The number of aromatic nitrogens is 1. The van der Waals surface area contributed by atoms with Crippen LogP contribution >= 0.6 is 11.6 Å². The summed E-state index contributed by atoms with van der Waals surface area (Å²) in [7, 11) is 0. The van der Waals surface area contributed by atoms with Gasteiger partial charge in [-0.25, -0.2) is 4.98 Å². The second-order valence-corrected chi connectivity index (χ2v) is 4.31. The Morgan fingerprint density at radius 2 is 2.20 bits per heavy atom. The van der Waals surface area contributed by atoms with Crippen LogP contribution in [0.4, 0.5) is 11.4 Å². The number of ether oxygens (including phenoxy) is 1. The zero-order chi connectivity index (χ0) is 14.5. The Balaban J connectivity index is 2.30. The van der Waals surface area contributed by atoms with E-state index in [1.807, 2.05) is 6.92 Å². The highest BCUT2D eigenvalue weighted by Crippen LogP contribution is 2.28. The molecule has 2 rings (SSSR count).